The molecule has 0 unspecified atom stereocenters. The van der Waals surface area contributed by atoms with Crippen LogP contribution in [0.2, 0.25) is 5.02 Å². The second-order valence-electron chi connectivity index (χ2n) is 6.97. The first-order chi connectivity index (χ1) is 14.8. The topological polar surface area (TPSA) is 76.2 Å². The average molecular weight is 449 g/mol. The zero-order chi connectivity index (χ0) is 22.4. The summed E-state index contributed by atoms with van der Waals surface area (Å²) in [4.78, 5) is 38.9. The van der Waals surface area contributed by atoms with Crippen LogP contribution in [0.15, 0.2) is 42.5 Å². The van der Waals surface area contributed by atoms with Crippen LogP contribution in [0.3, 0.4) is 0 Å². The van der Waals surface area contributed by atoms with Gasteiger partial charge in [0.25, 0.3) is 5.91 Å². The number of nitrogens with zero attached hydrogens (tertiary/aromatic N) is 2. The highest BCUT2D eigenvalue weighted by Crippen LogP contribution is 2.23. The lowest BCUT2D eigenvalue weighted by atomic mass is 10.1. The lowest BCUT2D eigenvalue weighted by molar-refractivity contribution is -0.153. The molecule has 0 bridgehead atoms. The Balaban J connectivity index is 1.43. The smallest absolute Gasteiger partial charge is 0.344 e. The molecule has 2 aromatic carbocycles. The van der Waals surface area contributed by atoms with E-state index in [-0.39, 0.29) is 18.3 Å². The van der Waals surface area contributed by atoms with Crippen molar-refractivity contribution < 1.29 is 28.2 Å². The van der Waals surface area contributed by atoms with Crippen LogP contribution in [0.4, 0.5) is 10.1 Å². The largest absolute Gasteiger partial charge is 0.480 e. The summed E-state index contributed by atoms with van der Waals surface area (Å²) in [6.07, 6.45) is 0. The maximum absolute atomic E-state index is 14.3. The highest BCUT2D eigenvalue weighted by atomic mass is 35.5. The van der Waals surface area contributed by atoms with Crippen LogP contribution in [0.1, 0.15) is 17.3 Å². The zero-order valence-corrected chi connectivity index (χ0v) is 17.7. The molecule has 9 heteroatoms. The highest BCUT2D eigenvalue weighted by molar-refractivity contribution is 6.32. The monoisotopic (exact) mass is 448 g/mol. The molecule has 1 heterocycles. The van der Waals surface area contributed by atoms with E-state index in [2.05, 4.69) is 0 Å². The predicted molar refractivity (Wildman–Crippen MR) is 113 cm³/mol. The lowest BCUT2D eigenvalue weighted by Crippen LogP contribution is -2.50. The summed E-state index contributed by atoms with van der Waals surface area (Å²) >= 11 is 5.94. The number of halogens is 2. The van der Waals surface area contributed by atoms with Crippen molar-refractivity contribution in [1.82, 2.24) is 4.90 Å². The molecule has 0 aliphatic carbocycles. The van der Waals surface area contributed by atoms with E-state index in [1.165, 1.54) is 13.0 Å². The number of ketones is 1. The molecule has 0 saturated carbocycles. The molecule has 1 aliphatic rings. The average Bonchev–Trinajstić information content (AvgIpc) is 2.77. The SMILES string of the molecule is CC(=O)c1ccc(N2CCN(C(=O)COC(=O)COc3ccccc3Cl)CC2)c(F)c1. The third-order valence-electron chi connectivity index (χ3n) is 4.87. The molecule has 7 nitrogen and oxygen atoms in total. The van der Waals surface area contributed by atoms with Crippen molar-refractivity contribution in [1.29, 1.82) is 0 Å². The van der Waals surface area contributed by atoms with Crippen LogP contribution in [-0.4, -0.2) is 62.0 Å². The molecule has 1 saturated heterocycles. The first kappa shape index (κ1) is 22.6. The summed E-state index contributed by atoms with van der Waals surface area (Å²) in [5, 5.41) is 0.372. The molecule has 164 valence electrons. The molecule has 31 heavy (non-hydrogen) atoms. The summed E-state index contributed by atoms with van der Waals surface area (Å²) < 4.78 is 24.6. The third-order valence-corrected chi connectivity index (χ3v) is 5.18. The van der Waals surface area contributed by atoms with E-state index in [9.17, 15) is 18.8 Å². The number of carbonyl (C=O) groups is 3. The van der Waals surface area contributed by atoms with E-state index < -0.39 is 18.4 Å². The molecular formula is C22H22ClFN2O5. The molecule has 0 spiro atoms. The van der Waals surface area contributed by atoms with E-state index in [0.29, 0.717) is 48.2 Å². The van der Waals surface area contributed by atoms with Crippen LogP contribution in [0.25, 0.3) is 0 Å². The van der Waals surface area contributed by atoms with Crippen LogP contribution in [0.5, 0.6) is 5.75 Å². The first-order valence-corrected chi connectivity index (χ1v) is 10.1. The number of benzene rings is 2. The van der Waals surface area contributed by atoms with Crippen molar-refractivity contribution in [2.45, 2.75) is 6.92 Å². The van der Waals surface area contributed by atoms with E-state index in [0.717, 1.165) is 0 Å². The number of hydrogen-bond acceptors (Lipinski definition) is 6. The number of amides is 1. The Morgan fingerprint density at radius 2 is 1.74 bits per heavy atom. The fourth-order valence-electron chi connectivity index (χ4n) is 3.15. The Hall–Kier alpha value is -3.13. The van der Waals surface area contributed by atoms with Crippen molar-refractivity contribution in [3.8, 4) is 5.75 Å². The van der Waals surface area contributed by atoms with Crippen LogP contribution >= 0.6 is 11.6 Å². The van der Waals surface area contributed by atoms with Crippen molar-refractivity contribution >= 4 is 34.9 Å². The van der Waals surface area contributed by atoms with Gasteiger partial charge in [0, 0.05) is 31.7 Å². The summed E-state index contributed by atoms with van der Waals surface area (Å²) in [5.74, 6) is -1.34. The molecule has 0 radical (unpaired) electrons. The Labute approximate surface area is 184 Å². The minimum absolute atomic E-state index is 0.201. The van der Waals surface area contributed by atoms with Gasteiger partial charge in [-0.25, -0.2) is 9.18 Å². The molecule has 1 fully saturated rings. The Morgan fingerprint density at radius 3 is 2.39 bits per heavy atom. The highest BCUT2D eigenvalue weighted by Gasteiger charge is 2.24. The van der Waals surface area contributed by atoms with Gasteiger partial charge in [0.05, 0.1) is 10.7 Å². The lowest BCUT2D eigenvalue weighted by Gasteiger charge is -2.36. The summed E-state index contributed by atoms with van der Waals surface area (Å²) in [5.41, 5.74) is 0.704. The standard InChI is InChI=1S/C22H22ClFN2O5/c1-15(27)16-6-7-19(18(24)12-16)25-8-10-26(11-9-25)21(28)13-31-22(29)14-30-20-5-3-2-4-17(20)23/h2-7,12H,8-11,13-14H2,1H3. The number of anilines is 1. The van der Waals surface area contributed by atoms with Gasteiger partial charge in [-0.2, -0.15) is 0 Å². The molecule has 1 aliphatic heterocycles. The van der Waals surface area contributed by atoms with Gasteiger partial charge in [-0.3, -0.25) is 9.59 Å². The van der Waals surface area contributed by atoms with E-state index in [4.69, 9.17) is 21.1 Å². The number of piperazine rings is 1. The number of carbonyl (C=O) groups excluding carboxylic acids is 3. The Kier molecular flexibility index (Phi) is 7.46. The normalized spacial score (nSPS) is 13.6. The van der Waals surface area contributed by atoms with E-state index in [1.807, 2.05) is 4.90 Å². The Bertz CT molecular complexity index is 976. The number of ether oxygens (including phenoxy) is 2. The number of esters is 1. The number of hydrogen-bond donors (Lipinski definition) is 0. The van der Waals surface area contributed by atoms with Crippen molar-refractivity contribution in [2.75, 3.05) is 44.3 Å². The minimum Gasteiger partial charge on any atom is -0.480 e. The van der Waals surface area contributed by atoms with Crippen molar-refractivity contribution in [3.63, 3.8) is 0 Å². The van der Waals surface area contributed by atoms with Gasteiger partial charge in [0.15, 0.2) is 19.0 Å². The van der Waals surface area contributed by atoms with Gasteiger partial charge in [0.2, 0.25) is 0 Å². The number of rotatable bonds is 7. The Morgan fingerprint density at radius 1 is 1.03 bits per heavy atom. The van der Waals surface area contributed by atoms with Gasteiger partial charge < -0.3 is 19.3 Å². The van der Waals surface area contributed by atoms with E-state index >= 15 is 0 Å². The van der Waals surface area contributed by atoms with Crippen LogP contribution < -0.4 is 9.64 Å². The maximum Gasteiger partial charge on any atom is 0.344 e. The first-order valence-electron chi connectivity index (χ1n) is 9.71. The molecular weight excluding hydrogens is 427 g/mol. The third kappa shape index (κ3) is 5.95. The summed E-state index contributed by atoms with van der Waals surface area (Å²) in [6.45, 7) is 2.19. The fraction of sp³-hybridized carbons (Fsp3) is 0.318. The van der Waals surface area contributed by atoms with Crippen molar-refractivity contribution in [2.24, 2.45) is 0 Å². The molecule has 0 aromatic heterocycles. The predicted octanol–water partition coefficient (Wildman–Crippen LogP) is 2.95. The van der Waals surface area contributed by atoms with Gasteiger partial charge in [0.1, 0.15) is 11.6 Å². The minimum atomic E-state index is -0.681. The molecule has 3 rings (SSSR count). The van der Waals surface area contributed by atoms with Gasteiger partial charge in [-0.1, -0.05) is 23.7 Å². The van der Waals surface area contributed by atoms with Gasteiger partial charge in [-0.05, 0) is 37.3 Å². The van der Waals surface area contributed by atoms with Crippen molar-refractivity contribution in [3.05, 3.63) is 58.9 Å². The molecule has 1 amide bonds. The molecule has 0 atom stereocenters. The van der Waals surface area contributed by atoms with Gasteiger partial charge in [-0.15, -0.1) is 0 Å². The van der Waals surface area contributed by atoms with Crippen LogP contribution in [-0.2, 0) is 14.3 Å². The second-order valence-corrected chi connectivity index (χ2v) is 7.38. The summed E-state index contributed by atoms with van der Waals surface area (Å²) in [6, 6.07) is 11.1. The maximum atomic E-state index is 14.3. The van der Waals surface area contributed by atoms with E-state index in [1.54, 1.807) is 41.3 Å². The molecule has 0 N–H and O–H groups in total. The van der Waals surface area contributed by atoms with Crippen LogP contribution in [0, 0.1) is 5.82 Å². The fourth-order valence-corrected chi connectivity index (χ4v) is 3.34. The summed E-state index contributed by atoms with van der Waals surface area (Å²) in [7, 11) is 0. The molecule has 2 aromatic rings. The number of Topliss-reactive ketones (excluding diaryl/α,β-unsaturated/α-hetero) is 1. The second kappa shape index (κ2) is 10.3. The number of para-hydroxylation sites is 1. The zero-order valence-electron chi connectivity index (χ0n) is 17.0. The quantitative estimate of drug-likeness (QED) is 0.479. The van der Waals surface area contributed by atoms with Gasteiger partial charge >= 0.3 is 5.97 Å².